The molecule has 86 valence electrons. The van der Waals surface area contributed by atoms with Gasteiger partial charge in [-0.2, -0.15) is 0 Å². The Morgan fingerprint density at radius 3 is 2.88 bits per heavy atom. The van der Waals surface area contributed by atoms with Crippen LogP contribution in [0.2, 0.25) is 0 Å². The summed E-state index contributed by atoms with van der Waals surface area (Å²) >= 11 is 0. The highest BCUT2D eigenvalue weighted by molar-refractivity contribution is 5.99. The van der Waals surface area contributed by atoms with E-state index in [9.17, 15) is 0 Å². The zero-order chi connectivity index (χ0) is 11.2. The fourth-order valence-electron chi connectivity index (χ4n) is 1.71. The Kier molecular flexibility index (Phi) is 3.94. The summed E-state index contributed by atoms with van der Waals surface area (Å²) in [5.74, 6) is 0. The summed E-state index contributed by atoms with van der Waals surface area (Å²) in [7, 11) is 0. The highest BCUT2D eigenvalue weighted by Crippen LogP contribution is 2.14. The molecule has 1 fully saturated rings. The predicted molar refractivity (Wildman–Crippen MR) is 63.3 cm³/mol. The molecule has 1 aromatic rings. The predicted octanol–water partition coefficient (Wildman–Crippen LogP) is 2.95. The molecule has 1 aliphatic rings. The van der Waals surface area contributed by atoms with E-state index in [1.165, 1.54) is 0 Å². The summed E-state index contributed by atoms with van der Waals surface area (Å²) in [4.78, 5) is 5.38. The Morgan fingerprint density at radius 2 is 2.25 bits per heavy atom. The smallest absolute Gasteiger partial charge is 0.226 e. The molecular weight excluding hydrogens is 202 g/mol. The Bertz CT molecular complexity index is 342. The van der Waals surface area contributed by atoms with Crippen molar-refractivity contribution < 1.29 is 9.57 Å². The highest BCUT2D eigenvalue weighted by Gasteiger charge is 2.16. The molecule has 0 spiro atoms. The molecule has 1 heterocycles. The molecule has 0 amide bonds. The van der Waals surface area contributed by atoms with Gasteiger partial charge in [-0.25, -0.2) is 0 Å². The third-order valence-corrected chi connectivity index (χ3v) is 2.61. The van der Waals surface area contributed by atoms with Gasteiger partial charge in [-0.05, 0) is 18.4 Å². The first kappa shape index (κ1) is 11.1. The van der Waals surface area contributed by atoms with Gasteiger partial charge < -0.3 is 9.57 Å². The van der Waals surface area contributed by atoms with Crippen molar-refractivity contribution >= 4 is 5.71 Å². The van der Waals surface area contributed by atoms with E-state index in [0.29, 0.717) is 0 Å². The van der Waals surface area contributed by atoms with Crippen molar-refractivity contribution in [3.63, 3.8) is 0 Å². The molecule has 0 bridgehead atoms. The quantitative estimate of drug-likeness (QED) is 0.575. The van der Waals surface area contributed by atoms with Crippen LogP contribution in [0.5, 0.6) is 0 Å². The summed E-state index contributed by atoms with van der Waals surface area (Å²) < 4.78 is 5.35. The second kappa shape index (κ2) is 5.66. The van der Waals surface area contributed by atoms with Crippen molar-refractivity contribution in [3.8, 4) is 0 Å². The lowest BCUT2D eigenvalue weighted by molar-refractivity contribution is -0.110. The molecule has 1 aliphatic heterocycles. The molecule has 2 rings (SSSR count). The van der Waals surface area contributed by atoms with E-state index >= 15 is 0 Å². The maximum atomic E-state index is 5.38. The topological polar surface area (TPSA) is 30.8 Å². The van der Waals surface area contributed by atoms with Gasteiger partial charge in [0.15, 0.2) is 0 Å². The number of benzene rings is 1. The monoisotopic (exact) mass is 219 g/mol. The summed E-state index contributed by atoms with van der Waals surface area (Å²) in [6, 6.07) is 10.1. The minimum absolute atomic E-state index is 0.148. The zero-order valence-electron chi connectivity index (χ0n) is 9.56. The van der Waals surface area contributed by atoms with Crippen molar-refractivity contribution in [2.75, 3.05) is 6.61 Å². The Balaban J connectivity index is 2.01. The number of ether oxygens (including phenoxy) is 1. The lowest BCUT2D eigenvalue weighted by Crippen LogP contribution is -2.09. The zero-order valence-corrected chi connectivity index (χ0v) is 9.56. The highest BCUT2D eigenvalue weighted by atomic mass is 16.8. The average Bonchev–Trinajstić information content (AvgIpc) is 2.84. The van der Waals surface area contributed by atoms with Crippen LogP contribution in [0.3, 0.4) is 0 Å². The molecule has 1 unspecified atom stereocenters. The van der Waals surface area contributed by atoms with E-state index in [1.807, 2.05) is 30.3 Å². The van der Waals surface area contributed by atoms with E-state index in [-0.39, 0.29) is 6.29 Å². The lowest BCUT2D eigenvalue weighted by atomic mass is 10.1. The molecule has 16 heavy (non-hydrogen) atoms. The Hall–Kier alpha value is -1.35. The van der Waals surface area contributed by atoms with E-state index in [1.54, 1.807) is 0 Å². The van der Waals surface area contributed by atoms with Gasteiger partial charge in [0, 0.05) is 6.42 Å². The maximum Gasteiger partial charge on any atom is 0.226 e. The van der Waals surface area contributed by atoms with Gasteiger partial charge >= 0.3 is 0 Å². The minimum atomic E-state index is -0.148. The van der Waals surface area contributed by atoms with Crippen LogP contribution < -0.4 is 0 Å². The first-order valence-corrected chi connectivity index (χ1v) is 5.80. The van der Waals surface area contributed by atoms with Crippen LogP contribution in [0.25, 0.3) is 0 Å². The minimum Gasteiger partial charge on any atom is -0.363 e. The molecule has 0 radical (unpaired) electrons. The van der Waals surface area contributed by atoms with Gasteiger partial charge in [-0.3, -0.25) is 0 Å². The van der Waals surface area contributed by atoms with Crippen LogP contribution in [0.1, 0.15) is 31.7 Å². The van der Waals surface area contributed by atoms with Gasteiger partial charge in [-0.15, -0.1) is 0 Å². The summed E-state index contributed by atoms with van der Waals surface area (Å²) in [5.41, 5.74) is 2.08. The van der Waals surface area contributed by atoms with Crippen molar-refractivity contribution in [2.24, 2.45) is 5.16 Å². The van der Waals surface area contributed by atoms with Gasteiger partial charge in [-0.1, -0.05) is 42.4 Å². The van der Waals surface area contributed by atoms with Gasteiger partial charge in [0.1, 0.15) is 0 Å². The molecule has 1 aromatic carbocycles. The normalized spacial score (nSPS) is 21.1. The third kappa shape index (κ3) is 2.83. The van der Waals surface area contributed by atoms with Crippen LogP contribution in [0.15, 0.2) is 35.5 Å². The van der Waals surface area contributed by atoms with Crippen molar-refractivity contribution in [2.45, 2.75) is 32.5 Å². The summed E-state index contributed by atoms with van der Waals surface area (Å²) in [6.45, 7) is 2.86. The van der Waals surface area contributed by atoms with E-state index in [4.69, 9.17) is 9.57 Å². The Labute approximate surface area is 96.1 Å². The van der Waals surface area contributed by atoms with Crippen LogP contribution >= 0.6 is 0 Å². The van der Waals surface area contributed by atoms with Crippen molar-refractivity contribution in [1.82, 2.24) is 0 Å². The largest absolute Gasteiger partial charge is 0.363 e. The van der Waals surface area contributed by atoms with Crippen LogP contribution in [0, 0.1) is 0 Å². The maximum absolute atomic E-state index is 5.38. The second-order valence-electron chi connectivity index (χ2n) is 3.81. The fourth-order valence-corrected chi connectivity index (χ4v) is 1.71. The summed E-state index contributed by atoms with van der Waals surface area (Å²) in [5, 5.41) is 4.19. The van der Waals surface area contributed by atoms with Gasteiger partial charge in [0.2, 0.25) is 6.29 Å². The first-order chi connectivity index (χ1) is 7.90. The number of rotatable bonds is 4. The van der Waals surface area contributed by atoms with Crippen LogP contribution in [-0.2, 0) is 9.57 Å². The molecular formula is C13H17NO2. The number of hydrogen-bond acceptors (Lipinski definition) is 3. The standard InChI is InChI=1S/C13H17NO2/c1-2-12(11-7-4-3-5-8-11)14-16-13-9-6-10-15-13/h3-5,7-8,13H,2,6,9-10H2,1H3. The van der Waals surface area contributed by atoms with Crippen LogP contribution in [0.4, 0.5) is 0 Å². The van der Waals surface area contributed by atoms with Crippen molar-refractivity contribution in [1.29, 1.82) is 0 Å². The second-order valence-corrected chi connectivity index (χ2v) is 3.81. The molecule has 1 atom stereocenters. The molecule has 0 N–H and O–H groups in total. The molecule has 0 aromatic heterocycles. The molecule has 3 nitrogen and oxygen atoms in total. The molecule has 1 saturated heterocycles. The van der Waals surface area contributed by atoms with E-state index in [0.717, 1.165) is 37.1 Å². The molecule has 0 saturated carbocycles. The lowest BCUT2D eigenvalue weighted by Gasteiger charge is -2.09. The van der Waals surface area contributed by atoms with E-state index in [2.05, 4.69) is 12.1 Å². The average molecular weight is 219 g/mol. The third-order valence-electron chi connectivity index (χ3n) is 2.61. The Morgan fingerprint density at radius 1 is 1.44 bits per heavy atom. The van der Waals surface area contributed by atoms with Gasteiger partial charge in [0.05, 0.1) is 12.3 Å². The van der Waals surface area contributed by atoms with Crippen molar-refractivity contribution in [3.05, 3.63) is 35.9 Å². The molecule has 0 aliphatic carbocycles. The van der Waals surface area contributed by atoms with E-state index < -0.39 is 0 Å². The number of oxime groups is 1. The SMILES string of the molecule is CCC(=NOC1CCCO1)c1ccccc1. The summed E-state index contributed by atoms with van der Waals surface area (Å²) in [6.07, 6.45) is 2.71. The van der Waals surface area contributed by atoms with Gasteiger partial charge in [0.25, 0.3) is 0 Å². The van der Waals surface area contributed by atoms with Crippen LogP contribution in [-0.4, -0.2) is 18.6 Å². The molecule has 3 heteroatoms. The first-order valence-electron chi connectivity index (χ1n) is 5.80. The fraction of sp³-hybridized carbons (Fsp3) is 0.462. The number of nitrogens with zero attached hydrogens (tertiary/aromatic N) is 1. The number of hydrogen-bond donors (Lipinski definition) is 0.